The number of alkyl halides is 3. The fourth-order valence-electron chi connectivity index (χ4n) is 0.823. The predicted molar refractivity (Wildman–Crippen MR) is 59.7 cm³/mol. The summed E-state index contributed by atoms with van der Waals surface area (Å²) >= 11 is 0. The summed E-state index contributed by atoms with van der Waals surface area (Å²) < 4.78 is 38.9. The van der Waals surface area contributed by atoms with E-state index in [2.05, 4.69) is 15.8 Å². The minimum Gasteiger partial charge on any atom is -0.465 e. The van der Waals surface area contributed by atoms with Crippen molar-refractivity contribution in [1.82, 2.24) is 0 Å². The lowest BCUT2D eigenvalue weighted by molar-refractivity contribution is -0.159. The summed E-state index contributed by atoms with van der Waals surface area (Å²) in [4.78, 5) is 19.6. The van der Waals surface area contributed by atoms with E-state index in [0.29, 0.717) is 5.69 Å². The Hall–Kier alpha value is -2.45. The molecule has 4 N–H and O–H groups in total. The molecule has 0 bridgehead atoms. The number of hydrogen-bond acceptors (Lipinski definition) is 3. The lowest BCUT2D eigenvalue weighted by Gasteiger charge is -2.08. The number of hydrogen-bond donors (Lipinski definition) is 3. The van der Waals surface area contributed by atoms with Crippen molar-refractivity contribution >= 4 is 17.9 Å². The van der Waals surface area contributed by atoms with Gasteiger partial charge in [-0.25, -0.2) is 9.59 Å². The van der Waals surface area contributed by atoms with Gasteiger partial charge in [0.25, 0.3) is 0 Å². The Kier molecular flexibility index (Phi) is 6.79. The number of primary amides is 1. The van der Waals surface area contributed by atoms with E-state index in [0.717, 1.165) is 0 Å². The second kappa shape index (κ2) is 7.80. The van der Waals surface area contributed by atoms with Crippen molar-refractivity contribution in [2.45, 2.75) is 6.18 Å². The van der Waals surface area contributed by atoms with Gasteiger partial charge in [0.1, 0.15) is 0 Å². The maximum Gasteiger partial charge on any atom is 0.422 e. The van der Waals surface area contributed by atoms with Crippen molar-refractivity contribution in [3.8, 4) is 0 Å². The topological polar surface area (TPSA) is 102 Å². The molecule has 0 heterocycles. The Balaban J connectivity index is 0.000000711. The molecule has 0 saturated carbocycles. The monoisotopic (exact) mass is 280 g/mol. The van der Waals surface area contributed by atoms with Gasteiger partial charge >= 0.3 is 18.4 Å². The first-order valence-corrected chi connectivity index (χ1v) is 4.74. The van der Waals surface area contributed by atoms with E-state index < -0.39 is 25.0 Å². The number of carbonyl (C=O) groups is 2. The van der Waals surface area contributed by atoms with Gasteiger partial charge in [0.2, 0.25) is 0 Å². The van der Waals surface area contributed by atoms with Gasteiger partial charge in [-0.15, -0.1) is 0 Å². The average Bonchev–Trinajstić information content (AvgIpc) is 2.26. The summed E-state index contributed by atoms with van der Waals surface area (Å²) in [6.07, 6.45) is -6.97. The van der Waals surface area contributed by atoms with E-state index in [9.17, 15) is 18.0 Å². The number of rotatable bonds is 2. The molecule has 19 heavy (non-hydrogen) atoms. The van der Waals surface area contributed by atoms with Crippen molar-refractivity contribution in [1.29, 1.82) is 0 Å². The summed E-state index contributed by atoms with van der Waals surface area (Å²) in [7, 11) is 0. The lowest BCUT2D eigenvalue weighted by atomic mass is 10.3. The van der Waals surface area contributed by atoms with Gasteiger partial charge in [-0.3, -0.25) is 5.32 Å². The van der Waals surface area contributed by atoms with Gasteiger partial charge in [-0.1, -0.05) is 18.2 Å². The molecule has 0 atom stereocenters. The van der Waals surface area contributed by atoms with E-state index in [1.54, 1.807) is 18.2 Å². The van der Waals surface area contributed by atoms with Crippen LogP contribution in [0.5, 0.6) is 0 Å². The Morgan fingerprint density at radius 3 is 2.16 bits per heavy atom. The van der Waals surface area contributed by atoms with Crippen LogP contribution in [0.25, 0.3) is 0 Å². The fraction of sp³-hybridized carbons (Fsp3) is 0.200. The van der Waals surface area contributed by atoms with Gasteiger partial charge in [-0.05, 0) is 12.1 Å². The minimum absolute atomic E-state index is 0.379. The van der Waals surface area contributed by atoms with Crippen LogP contribution >= 0.6 is 0 Å². The first-order valence-electron chi connectivity index (χ1n) is 4.74. The molecule has 0 fully saturated rings. The smallest absolute Gasteiger partial charge is 0.422 e. The minimum atomic E-state index is -4.51. The Morgan fingerprint density at radius 2 is 1.74 bits per heavy atom. The molecular weight excluding hydrogens is 269 g/mol. The Morgan fingerprint density at radius 1 is 1.26 bits per heavy atom. The standard InChI is InChI=1S/C9H8F3NO2.CH3NO2/c10-9(11,12)6-15-8(14)13-7-4-2-1-3-5-7;2-1(3)4/h1-5H,6H2,(H,13,14);2H2,(H,3,4). The highest BCUT2D eigenvalue weighted by molar-refractivity contribution is 5.84. The molecule has 0 aliphatic heterocycles. The maximum absolute atomic E-state index is 11.6. The van der Waals surface area contributed by atoms with E-state index in [1.165, 1.54) is 12.1 Å². The number of anilines is 1. The van der Waals surface area contributed by atoms with Crippen molar-refractivity contribution in [3.05, 3.63) is 30.3 Å². The average molecular weight is 280 g/mol. The molecule has 0 unspecified atom stereocenters. The number of benzene rings is 1. The third kappa shape index (κ3) is 11.8. The number of para-hydroxylation sites is 1. The van der Waals surface area contributed by atoms with Crippen LogP contribution in [-0.4, -0.2) is 30.1 Å². The largest absolute Gasteiger partial charge is 0.465 e. The highest BCUT2D eigenvalue weighted by Crippen LogP contribution is 2.15. The van der Waals surface area contributed by atoms with Gasteiger partial charge in [0, 0.05) is 5.69 Å². The summed E-state index contributed by atoms with van der Waals surface area (Å²) in [5.74, 6) is 0. The van der Waals surface area contributed by atoms with Crippen LogP contribution < -0.4 is 11.1 Å². The van der Waals surface area contributed by atoms with E-state index in [-0.39, 0.29) is 0 Å². The van der Waals surface area contributed by atoms with Crippen LogP contribution in [0.3, 0.4) is 0 Å². The van der Waals surface area contributed by atoms with Crippen molar-refractivity contribution in [2.75, 3.05) is 11.9 Å². The van der Waals surface area contributed by atoms with Crippen LogP contribution in [0.2, 0.25) is 0 Å². The zero-order valence-corrected chi connectivity index (χ0v) is 9.48. The molecular formula is C10H11F3N2O4. The van der Waals surface area contributed by atoms with E-state index in [1.807, 2.05) is 0 Å². The van der Waals surface area contributed by atoms with Crippen LogP contribution in [0, 0.1) is 0 Å². The summed E-state index contributed by atoms with van der Waals surface area (Å²) in [6.45, 7) is -1.59. The molecule has 1 rings (SSSR count). The van der Waals surface area contributed by atoms with Crippen molar-refractivity contribution in [2.24, 2.45) is 5.73 Å². The lowest BCUT2D eigenvalue weighted by Crippen LogP contribution is -2.23. The fourth-order valence-corrected chi connectivity index (χ4v) is 0.823. The second-order valence-corrected chi connectivity index (χ2v) is 3.02. The molecule has 0 spiro atoms. The summed E-state index contributed by atoms with van der Waals surface area (Å²) in [5.41, 5.74) is 4.41. The number of ether oxygens (including phenoxy) is 1. The molecule has 106 valence electrons. The number of nitrogens with one attached hydrogen (secondary N) is 1. The number of amides is 2. The molecule has 0 aromatic heterocycles. The van der Waals surface area contributed by atoms with Crippen LogP contribution in [-0.2, 0) is 4.74 Å². The van der Waals surface area contributed by atoms with Crippen LogP contribution in [0.15, 0.2) is 30.3 Å². The molecule has 9 heteroatoms. The maximum atomic E-state index is 11.6. The molecule has 0 radical (unpaired) electrons. The summed E-state index contributed by atoms with van der Waals surface area (Å²) in [5, 5.41) is 9.35. The molecule has 1 aromatic rings. The van der Waals surface area contributed by atoms with E-state index >= 15 is 0 Å². The Labute approximate surface area is 106 Å². The summed E-state index contributed by atoms with van der Waals surface area (Å²) in [6, 6.07) is 8.06. The third-order valence-electron chi connectivity index (χ3n) is 1.39. The van der Waals surface area contributed by atoms with Gasteiger partial charge < -0.3 is 15.6 Å². The van der Waals surface area contributed by atoms with Crippen molar-refractivity contribution in [3.63, 3.8) is 0 Å². The first-order chi connectivity index (χ1) is 8.70. The highest BCUT2D eigenvalue weighted by Gasteiger charge is 2.29. The van der Waals surface area contributed by atoms with E-state index in [4.69, 9.17) is 9.90 Å². The van der Waals surface area contributed by atoms with Gasteiger partial charge in [-0.2, -0.15) is 13.2 Å². The number of carboxylic acid groups (broad SMARTS) is 1. The molecule has 0 saturated heterocycles. The van der Waals surface area contributed by atoms with Crippen LogP contribution in [0.1, 0.15) is 0 Å². The third-order valence-corrected chi connectivity index (χ3v) is 1.39. The zero-order valence-electron chi connectivity index (χ0n) is 9.48. The second-order valence-electron chi connectivity index (χ2n) is 3.02. The highest BCUT2D eigenvalue weighted by atomic mass is 19.4. The van der Waals surface area contributed by atoms with Gasteiger partial charge in [0.15, 0.2) is 6.61 Å². The van der Waals surface area contributed by atoms with Gasteiger partial charge in [0.05, 0.1) is 0 Å². The molecule has 2 amide bonds. The van der Waals surface area contributed by atoms with Crippen molar-refractivity contribution < 1.29 is 32.6 Å². The molecule has 0 aliphatic rings. The first kappa shape index (κ1) is 16.6. The van der Waals surface area contributed by atoms with Crippen LogP contribution in [0.4, 0.5) is 28.4 Å². The number of carbonyl (C=O) groups excluding carboxylic acids is 1. The Bertz CT molecular complexity index is 405. The molecule has 6 nitrogen and oxygen atoms in total. The molecule has 0 aliphatic carbocycles. The number of nitrogens with two attached hydrogens (primary N) is 1. The zero-order chi connectivity index (χ0) is 14.9. The normalized spacial score (nSPS) is 9.84. The predicted octanol–water partition coefficient (Wildman–Crippen LogP) is 2.42. The molecule has 1 aromatic carbocycles. The SMILES string of the molecule is NC(=O)O.O=C(Nc1ccccc1)OCC(F)(F)F. The number of halogens is 3. The quantitative estimate of drug-likeness (QED) is 0.774.